The summed E-state index contributed by atoms with van der Waals surface area (Å²) in [6, 6.07) is 0. The maximum absolute atomic E-state index is 11.3. The largest absolute Gasteiger partial charge is 0.314 e. The molecule has 0 fully saturated rings. The molecule has 0 aliphatic heterocycles. The summed E-state index contributed by atoms with van der Waals surface area (Å²) in [6.45, 7) is -2.56. The van der Waals surface area contributed by atoms with E-state index in [-0.39, 0.29) is 0 Å². The minimum atomic E-state index is -2.09. The van der Waals surface area contributed by atoms with Crippen LogP contribution in [0.25, 0.3) is 0 Å². The molecule has 1 nitrogen and oxygen atoms in total. The van der Waals surface area contributed by atoms with Gasteiger partial charge in [-0.3, -0.25) is 0 Å². The number of hydrogen-bond acceptors (Lipinski definition) is 1. The van der Waals surface area contributed by atoms with Gasteiger partial charge in [-0.05, 0) is 0 Å². The molecule has 0 aromatic heterocycles. The van der Waals surface area contributed by atoms with Crippen LogP contribution >= 0.6 is 0 Å². The average molecular weight is 114 g/mol. The molecule has 0 amide bonds. The van der Waals surface area contributed by atoms with E-state index >= 15 is 0 Å². The van der Waals surface area contributed by atoms with E-state index in [0.717, 1.165) is 0 Å². The van der Waals surface area contributed by atoms with Crippen LogP contribution in [0.2, 0.25) is 0 Å². The van der Waals surface area contributed by atoms with Crippen LogP contribution in [0, 0.1) is 0 Å². The number of ether oxygens (including phenoxy) is 1. The summed E-state index contributed by atoms with van der Waals surface area (Å²) in [5, 5.41) is 0. The minimum Gasteiger partial charge on any atom is -0.314 e. The molecule has 0 aliphatic rings. The molecule has 0 saturated heterocycles. The average Bonchev–Trinajstić information content (AvgIpc) is 1.68. The Bertz CT molecular complexity index is 41.2. The Morgan fingerprint density at radius 1 is 1.43 bits per heavy atom. The Morgan fingerprint density at radius 3 is 2.14 bits per heavy atom. The number of rotatable bonds is 3. The van der Waals surface area contributed by atoms with Crippen LogP contribution in [-0.2, 0) is 4.74 Å². The van der Waals surface area contributed by atoms with Gasteiger partial charge in [-0.25, -0.2) is 13.2 Å². The highest BCUT2D eigenvalue weighted by molar-refractivity contribution is 4.29. The molecular weight excluding hydrogens is 109 g/mol. The minimum absolute atomic E-state index is 1.27. The molecule has 1 unspecified atom stereocenters. The van der Waals surface area contributed by atoms with Gasteiger partial charge in [0.2, 0.25) is 6.36 Å². The van der Waals surface area contributed by atoms with E-state index < -0.39 is 19.9 Å². The molecule has 0 aromatic rings. The van der Waals surface area contributed by atoms with Crippen LogP contribution in [0.5, 0.6) is 0 Å². The normalized spacial score (nSPS) is 14.1. The molecule has 44 valence electrons. The molecule has 4 heteroatoms. The molecule has 0 saturated carbocycles. The first-order valence-corrected chi connectivity index (χ1v) is 1.69. The summed E-state index contributed by atoms with van der Waals surface area (Å²) < 4.78 is 36.5. The van der Waals surface area contributed by atoms with Gasteiger partial charge in [0.25, 0.3) is 0 Å². The zero-order valence-corrected chi connectivity index (χ0v) is 3.53. The number of alkyl halides is 3. The highest BCUT2D eigenvalue weighted by Gasteiger charge is 2.01. The second-order valence-electron chi connectivity index (χ2n) is 0.840. The Labute approximate surface area is 39.1 Å². The molecule has 0 aliphatic carbocycles. The topological polar surface area (TPSA) is 9.23 Å². The molecule has 0 spiro atoms. The van der Waals surface area contributed by atoms with Crippen LogP contribution < -0.4 is 0 Å². The standard InChI is InChI=1S/C3H5F3O/c4-1-3(6)7-2-5/h3H,1-2H2. The Balaban J connectivity index is 2.83. The number of halogens is 3. The summed E-state index contributed by atoms with van der Waals surface area (Å²) in [7, 11) is 0. The Morgan fingerprint density at radius 2 is 2.00 bits per heavy atom. The predicted octanol–water partition coefficient (Wildman–Crippen LogP) is 1.20. The zero-order chi connectivity index (χ0) is 5.70. The summed E-state index contributed by atoms with van der Waals surface area (Å²) in [4.78, 5) is 0. The molecule has 1 atom stereocenters. The van der Waals surface area contributed by atoms with Gasteiger partial charge in [-0.1, -0.05) is 0 Å². The van der Waals surface area contributed by atoms with E-state index in [1.54, 1.807) is 0 Å². The lowest BCUT2D eigenvalue weighted by Gasteiger charge is -1.97. The molecule has 0 aromatic carbocycles. The highest BCUT2D eigenvalue weighted by Crippen LogP contribution is 1.92. The Hall–Kier alpha value is -0.250. The van der Waals surface area contributed by atoms with E-state index in [9.17, 15) is 13.2 Å². The van der Waals surface area contributed by atoms with Crippen LogP contribution in [-0.4, -0.2) is 19.9 Å². The van der Waals surface area contributed by atoms with Crippen molar-refractivity contribution in [2.24, 2.45) is 0 Å². The van der Waals surface area contributed by atoms with Crippen molar-refractivity contribution in [1.29, 1.82) is 0 Å². The maximum Gasteiger partial charge on any atom is 0.229 e. The summed E-state index contributed by atoms with van der Waals surface area (Å²) >= 11 is 0. The van der Waals surface area contributed by atoms with Gasteiger partial charge in [-0.2, -0.15) is 0 Å². The third-order valence-corrected chi connectivity index (χ3v) is 0.365. The van der Waals surface area contributed by atoms with E-state index in [1.807, 2.05) is 0 Å². The predicted molar refractivity (Wildman–Crippen MR) is 17.9 cm³/mol. The third-order valence-electron chi connectivity index (χ3n) is 0.365. The lowest BCUT2D eigenvalue weighted by atomic mass is 10.8. The van der Waals surface area contributed by atoms with Crippen molar-refractivity contribution in [2.45, 2.75) is 6.36 Å². The first-order chi connectivity index (χ1) is 3.31. The van der Waals surface area contributed by atoms with Crippen LogP contribution in [0.3, 0.4) is 0 Å². The fourth-order valence-corrected chi connectivity index (χ4v) is 0.113. The second-order valence-corrected chi connectivity index (χ2v) is 0.840. The van der Waals surface area contributed by atoms with Gasteiger partial charge < -0.3 is 4.74 Å². The van der Waals surface area contributed by atoms with Crippen molar-refractivity contribution < 1.29 is 17.9 Å². The summed E-state index contributed by atoms with van der Waals surface area (Å²) in [5.41, 5.74) is 0. The van der Waals surface area contributed by atoms with Gasteiger partial charge >= 0.3 is 0 Å². The fraction of sp³-hybridized carbons (Fsp3) is 1.00. The molecule has 0 N–H and O–H groups in total. The van der Waals surface area contributed by atoms with Crippen molar-refractivity contribution in [2.75, 3.05) is 13.5 Å². The smallest absolute Gasteiger partial charge is 0.229 e. The first kappa shape index (κ1) is 6.75. The first-order valence-electron chi connectivity index (χ1n) is 1.69. The van der Waals surface area contributed by atoms with Crippen molar-refractivity contribution in [1.82, 2.24) is 0 Å². The lowest BCUT2D eigenvalue weighted by molar-refractivity contribution is -0.0868. The zero-order valence-electron chi connectivity index (χ0n) is 3.53. The van der Waals surface area contributed by atoms with Gasteiger partial charge in [0.1, 0.15) is 6.67 Å². The van der Waals surface area contributed by atoms with Gasteiger partial charge in [-0.15, -0.1) is 0 Å². The van der Waals surface area contributed by atoms with Gasteiger partial charge in [0.05, 0.1) is 0 Å². The van der Waals surface area contributed by atoms with E-state index in [0.29, 0.717) is 0 Å². The van der Waals surface area contributed by atoms with Crippen LogP contribution in [0.15, 0.2) is 0 Å². The summed E-state index contributed by atoms with van der Waals surface area (Å²) in [5.74, 6) is 0. The van der Waals surface area contributed by atoms with Crippen LogP contribution in [0.4, 0.5) is 13.2 Å². The van der Waals surface area contributed by atoms with E-state index in [1.165, 1.54) is 0 Å². The van der Waals surface area contributed by atoms with Gasteiger partial charge in [0.15, 0.2) is 6.86 Å². The third kappa shape index (κ3) is 3.58. The fourth-order valence-electron chi connectivity index (χ4n) is 0.113. The lowest BCUT2D eigenvalue weighted by Crippen LogP contribution is -2.06. The molecule has 7 heavy (non-hydrogen) atoms. The maximum atomic E-state index is 11.3. The summed E-state index contributed by atoms with van der Waals surface area (Å²) in [6.07, 6.45) is -2.09. The molecule has 0 radical (unpaired) electrons. The van der Waals surface area contributed by atoms with Crippen molar-refractivity contribution in [3.63, 3.8) is 0 Å². The van der Waals surface area contributed by atoms with Crippen molar-refractivity contribution >= 4 is 0 Å². The van der Waals surface area contributed by atoms with Crippen molar-refractivity contribution in [3.8, 4) is 0 Å². The Kier molecular flexibility index (Phi) is 3.78. The molecule has 0 bridgehead atoms. The molecule has 0 heterocycles. The van der Waals surface area contributed by atoms with E-state index in [4.69, 9.17) is 0 Å². The van der Waals surface area contributed by atoms with Crippen LogP contribution in [0.1, 0.15) is 0 Å². The second kappa shape index (κ2) is 3.92. The van der Waals surface area contributed by atoms with Gasteiger partial charge in [0, 0.05) is 0 Å². The number of hydrogen-bond donors (Lipinski definition) is 0. The monoisotopic (exact) mass is 114 g/mol. The van der Waals surface area contributed by atoms with E-state index in [2.05, 4.69) is 4.74 Å². The quantitative estimate of drug-likeness (QED) is 0.535. The van der Waals surface area contributed by atoms with Crippen molar-refractivity contribution in [3.05, 3.63) is 0 Å². The SMILES string of the molecule is FCOC(F)CF. The molecular formula is C3H5F3O. The molecule has 0 rings (SSSR count). The highest BCUT2D eigenvalue weighted by atomic mass is 19.2.